The van der Waals surface area contributed by atoms with Crippen LogP contribution in [0.25, 0.3) is 0 Å². The van der Waals surface area contributed by atoms with E-state index >= 15 is 0 Å². The average Bonchev–Trinajstić information content (AvgIpc) is 2.87. The van der Waals surface area contributed by atoms with E-state index in [-0.39, 0.29) is 23.6 Å². The predicted molar refractivity (Wildman–Crippen MR) is 144 cm³/mol. The van der Waals surface area contributed by atoms with E-state index in [0.717, 1.165) is 15.9 Å². The lowest BCUT2D eigenvalue weighted by atomic mass is 9.96. The maximum absolute atomic E-state index is 13.5. The van der Waals surface area contributed by atoms with Crippen LogP contribution < -0.4 is 10.4 Å². The summed E-state index contributed by atoms with van der Waals surface area (Å²) in [6.45, 7) is 6.75. The average molecular weight is 511 g/mol. The van der Waals surface area contributed by atoms with Crippen molar-refractivity contribution in [3.8, 4) is 0 Å². The Morgan fingerprint density at radius 3 is 1.63 bits per heavy atom. The van der Waals surface area contributed by atoms with Gasteiger partial charge in [0.25, 0.3) is 8.32 Å². The molecule has 1 unspecified atom stereocenters. The highest BCUT2D eigenvalue weighted by Gasteiger charge is 2.50. The van der Waals surface area contributed by atoms with Gasteiger partial charge in [0.2, 0.25) is 0 Å². The molecular weight excluding hydrogens is 475 g/mol. The molecule has 0 bridgehead atoms. The normalized spacial score (nSPS) is 13.4. The monoisotopic (exact) mass is 510 g/mol. The molecule has 0 aliphatic rings. The lowest BCUT2D eigenvalue weighted by molar-refractivity contribution is -0.119. The Kier molecular flexibility index (Phi) is 9.03. The predicted octanol–water partition coefficient (Wildman–Crippen LogP) is 5.40. The van der Waals surface area contributed by atoms with Gasteiger partial charge in [0.15, 0.2) is 5.78 Å². The Bertz CT molecular complexity index is 1080. The molecule has 7 heteroatoms. The first kappa shape index (κ1) is 27.2. The van der Waals surface area contributed by atoms with E-state index in [1.807, 2.05) is 66.7 Å². The molecule has 0 aliphatic heterocycles. The number of ketones is 1. The highest BCUT2D eigenvalue weighted by atomic mass is 31.2. The molecule has 0 N–H and O–H groups in total. The third-order valence-electron chi connectivity index (χ3n) is 6.38. The topological polar surface area (TPSA) is 61.8 Å². The summed E-state index contributed by atoms with van der Waals surface area (Å²) in [5.41, 5.74) is 0.814. The van der Waals surface area contributed by atoms with Gasteiger partial charge in [0.1, 0.15) is 6.16 Å². The van der Waals surface area contributed by atoms with Crippen LogP contribution in [-0.2, 0) is 22.8 Å². The zero-order valence-electron chi connectivity index (χ0n) is 21.1. The van der Waals surface area contributed by atoms with E-state index in [4.69, 9.17) is 13.5 Å². The third-order valence-corrected chi connectivity index (χ3v) is 13.2. The van der Waals surface area contributed by atoms with Gasteiger partial charge in [0, 0.05) is 20.8 Å². The number of Topliss-reactive ketones (excluding diaryl/α,β-unsaturated/α-hetero) is 1. The smallest absolute Gasteiger partial charge is 0.337 e. The summed E-state index contributed by atoms with van der Waals surface area (Å²) in [6.07, 6.45) is -0.316. The standard InChI is InChI=1S/C28H35O5PSi/c1-28(2,3)35(24-17-11-7-12-18-24,25-19-13-8-14-20-25)33-21-26(23-15-9-6-10-16-23)27(29)22-34(30,31-4)32-5/h6-20,26H,21-22H2,1-5H3. The van der Waals surface area contributed by atoms with Crippen LogP contribution in [0, 0.1) is 0 Å². The highest BCUT2D eigenvalue weighted by molar-refractivity contribution is 7.54. The van der Waals surface area contributed by atoms with Crippen LogP contribution in [0.15, 0.2) is 91.0 Å². The van der Waals surface area contributed by atoms with Crippen LogP contribution in [0.3, 0.4) is 0 Å². The van der Waals surface area contributed by atoms with Crippen molar-refractivity contribution in [2.45, 2.75) is 31.7 Å². The molecule has 186 valence electrons. The molecule has 0 spiro atoms. The van der Waals surface area contributed by atoms with Crippen molar-refractivity contribution >= 4 is 32.1 Å². The van der Waals surface area contributed by atoms with E-state index in [2.05, 4.69) is 45.0 Å². The summed E-state index contributed by atoms with van der Waals surface area (Å²) in [7, 11) is -3.77. The van der Waals surface area contributed by atoms with E-state index in [1.165, 1.54) is 14.2 Å². The van der Waals surface area contributed by atoms with Gasteiger partial charge in [-0.15, -0.1) is 0 Å². The van der Waals surface area contributed by atoms with Crippen LogP contribution >= 0.6 is 7.60 Å². The third kappa shape index (κ3) is 6.08. The SMILES string of the molecule is COP(=O)(CC(=O)C(CO[Si](c1ccccc1)(c1ccccc1)C(C)(C)C)c1ccccc1)OC. The fraction of sp³-hybridized carbons (Fsp3) is 0.321. The molecule has 3 rings (SSSR count). The zero-order chi connectivity index (χ0) is 25.5. The largest absolute Gasteiger partial charge is 0.406 e. The number of hydrogen-bond donors (Lipinski definition) is 0. The Morgan fingerprint density at radius 2 is 1.23 bits per heavy atom. The molecule has 0 aromatic heterocycles. The van der Waals surface area contributed by atoms with Crippen molar-refractivity contribution in [1.82, 2.24) is 0 Å². The second-order valence-corrected chi connectivity index (χ2v) is 16.1. The van der Waals surface area contributed by atoms with E-state index in [0.29, 0.717) is 0 Å². The molecule has 0 heterocycles. The molecule has 0 saturated heterocycles. The van der Waals surface area contributed by atoms with Crippen molar-refractivity contribution in [1.29, 1.82) is 0 Å². The second kappa shape index (κ2) is 11.6. The quantitative estimate of drug-likeness (QED) is 0.255. The van der Waals surface area contributed by atoms with Gasteiger partial charge in [-0.25, -0.2) is 0 Å². The van der Waals surface area contributed by atoms with Crippen molar-refractivity contribution < 1.29 is 22.8 Å². The Labute approximate surface area is 210 Å². The molecule has 1 atom stereocenters. The summed E-state index contributed by atoms with van der Waals surface area (Å²) < 4.78 is 30.0. The maximum atomic E-state index is 13.5. The number of hydrogen-bond acceptors (Lipinski definition) is 5. The molecule has 0 fully saturated rings. The minimum absolute atomic E-state index is 0.156. The van der Waals surface area contributed by atoms with E-state index < -0.39 is 21.8 Å². The lowest BCUT2D eigenvalue weighted by Crippen LogP contribution is -2.67. The first-order chi connectivity index (χ1) is 16.7. The summed E-state index contributed by atoms with van der Waals surface area (Å²) in [6, 6.07) is 30.1. The van der Waals surface area contributed by atoms with E-state index in [1.54, 1.807) is 0 Å². The first-order valence-electron chi connectivity index (χ1n) is 11.7. The number of rotatable bonds is 11. The Hall–Kier alpha value is -2.34. The molecular formula is C28H35O5PSi. The fourth-order valence-electron chi connectivity index (χ4n) is 4.54. The van der Waals surface area contributed by atoms with Crippen LogP contribution in [0.2, 0.25) is 5.04 Å². The number of carbonyl (C=O) groups is 1. The summed E-state index contributed by atoms with van der Waals surface area (Å²) in [5.74, 6) is -0.849. The number of carbonyl (C=O) groups excluding carboxylic acids is 1. The van der Waals surface area contributed by atoms with Gasteiger partial charge in [-0.05, 0) is 21.0 Å². The van der Waals surface area contributed by atoms with E-state index in [9.17, 15) is 9.36 Å². The maximum Gasteiger partial charge on any atom is 0.337 e. The minimum atomic E-state index is -3.52. The summed E-state index contributed by atoms with van der Waals surface area (Å²) >= 11 is 0. The molecule has 3 aromatic rings. The van der Waals surface area contributed by atoms with Crippen molar-refractivity contribution in [3.63, 3.8) is 0 Å². The van der Waals surface area contributed by atoms with Crippen molar-refractivity contribution in [2.75, 3.05) is 27.0 Å². The van der Waals surface area contributed by atoms with Gasteiger partial charge >= 0.3 is 7.60 Å². The van der Waals surface area contributed by atoms with Crippen LogP contribution in [-0.4, -0.2) is 41.1 Å². The summed E-state index contributed by atoms with van der Waals surface area (Å²) in [4.78, 5) is 13.5. The van der Waals surface area contributed by atoms with Gasteiger partial charge in [-0.3, -0.25) is 9.36 Å². The molecule has 35 heavy (non-hydrogen) atoms. The summed E-state index contributed by atoms with van der Waals surface area (Å²) in [5, 5.41) is 2.05. The molecule has 3 aromatic carbocycles. The molecule has 0 saturated carbocycles. The Balaban J connectivity index is 2.08. The molecule has 0 aliphatic carbocycles. The minimum Gasteiger partial charge on any atom is -0.406 e. The first-order valence-corrected chi connectivity index (χ1v) is 15.3. The number of benzene rings is 3. The molecule has 0 amide bonds. The van der Waals surface area contributed by atoms with Gasteiger partial charge in [0.05, 0.1) is 5.92 Å². The zero-order valence-corrected chi connectivity index (χ0v) is 23.0. The van der Waals surface area contributed by atoms with Gasteiger partial charge < -0.3 is 13.5 Å². The van der Waals surface area contributed by atoms with Crippen LogP contribution in [0.4, 0.5) is 0 Å². The van der Waals surface area contributed by atoms with Crippen LogP contribution in [0.1, 0.15) is 32.3 Å². The van der Waals surface area contributed by atoms with Crippen molar-refractivity contribution in [2.24, 2.45) is 0 Å². The molecule has 5 nitrogen and oxygen atoms in total. The lowest BCUT2D eigenvalue weighted by Gasteiger charge is -2.43. The molecule has 0 radical (unpaired) electrons. The second-order valence-electron chi connectivity index (χ2n) is 9.54. The van der Waals surface area contributed by atoms with Gasteiger partial charge in [-0.2, -0.15) is 0 Å². The van der Waals surface area contributed by atoms with Gasteiger partial charge in [-0.1, -0.05) is 112 Å². The van der Waals surface area contributed by atoms with Crippen LogP contribution in [0.5, 0.6) is 0 Å². The Morgan fingerprint density at radius 1 is 0.800 bits per heavy atom. The van der Waals surface area contributed by atoms with Crippen molar-refractivity contribution in [3.05, 3.63) is 96.6 Å². The fourth-order valence-corrected chi connectivity index (χ4v) is 10.1. The highest BCUT2D eigenvalue weighted by Crippen LogP contribution is 2.47.